The Labute approximate surface area is 170 Å². The van der Waals surface area contributed by atoms with Crippen LogP contribution in [0.4, 0.5) is 17.5 Å². The number of anilines is 3. The first-order valence-corrected chi connectivity index (χ1v) is 9.18. The molecule has 12 nitrogen and oxygen atoms in total. The van der Waals surface area contributed by atoms with Crippen molar-refractivity contribution in [1.82, 2.24) is 35.7 Å². The molecule has 2 amide bonds. The Kier molecular flexibility index (Phi) is 5.20. The number of benzene rings is 1. The summed E-state index contributed by atoms with van der Waals surface area (Å²) >= 11 is 0. The van der Waals surface area contributed by atoms with Crippen molar-refractivity contribution in [2.24, 2.45) is 5.92 Å². The molecule has 1 aliphatic rings. The van der Waals surface area contributed by atoms with E-state index in [9.17, 15) is 9.59 Å². The van der Waals surface area contributed by atoms with Gasteiger partial charge in [-0.15, -0.1) is 10.2 Å². The van der Waals surface area contributed by atoms with Gasteiger partial charge in [0, 0.05) is 13.0 Å². The summed E-state index contributed by atoms with van der Waals surface area (Å²) in [5.74, 6) is 0.418. The van der Waals surface area contributed by atoms with E-state index in [1.807, 2.05) is 6.07 Å². The van der Waals surface area contributed by atoms with Crippen molar-refractivity contribution >= 4 is 29.3 Å². The molecule has 0 unspecified atom stereocenters. The second kappa shape index (κ2) is 8.11. The standard InChI is InChI=1S/C18H19N9O3/c1-19-17(29)12-15(23-18(27-25-12)24-16(28)9-6-7-9)22-11-5-3-4-10(13(11)30-2)14-20-8-21-26-14/h3-5,8-9H,6-7H2,1-2H3,(H,19,29)(H,20,21,26)(H2,22,23,24,27,28). The summed E-state index contributed by atoms with van der Waals surface area (Å²) in [5, 5.41) is 22.6. The number of nitrogens with zero attached hydrogens (tertiary/aromatic N) is 5. The Morgan fingerprint density at radius 2 is 2.07 bits per heavy atom. The predicted molar refractivity (Wildman–Crippen MR) is 106 cm³/mol. The summed E-state index contributed by atoms with van der Waals surface area (Å²) in [6.45, 7) is 0. The van der Waals surface area contributed by atoms with E-state index in [0.29, 0.717) is 22.8 Å². The average Bonchev–Trinajstić information content (AvgIpc) is 3.48. The van der Waals surface area contributed by atoms with Crippen LogP contribution in [0.15, 0.2) is 24.5 Å². The molecule has 2 heterocycles. The molecule has 1 saturated carbocycles. The molecule has 12 heteroatoms. The quantitative estimate of drug-likeness (QED) is 0.448. The largest absolute Gasteiger partial charge is 0.494 e. The Balaban J connectivity index is 1.71. The summed E-state index contributed by atoms with van der Waals surface area (Å²) in [6.07, 6.45) is 3.07. The highest BCUT2D eigenvalue weighted by Gasteiger charge is 2.30. The summed E-state index contributed by atoms with van der Waals surface area (Å²) in [4.78, 5) is 32.7. The highest BCUT2D eigenvalue weighted by molar-refractivity contribution is 5.98. The maximum Gasteiger partial charge on any atom is 0.275 e. The van der Waals surface area contributed by atoms with Crippen LogP contribution in [0.3, 0.4) is 0 Å². The number of carbonyl (C=O) groups excluding carboxylic acids is 2. The molecule has 0 aliphatic heterocycles. The molecule has 4 rings (SSSR count). The van der Waals surface area contributed by atoms with E-state index in [0.717, 1.165) is 12.8 Å². The lowest BCUT2D eigenvalue weighted by molar-refractivity contribution is -0.117. The zero-order valence-electron chi connectivity index (χ0n) is 16.3. The van der Waals surface area contributed by atoms with Crippen molar-refractivity contribution in [3.63, 3.8) is 0 Å². The van der Waals surface area contributed by atoms with Crippen LogP contribution < -0.4 is 20.7 Å². The van der Waals surface area contributed by atoms with Crippen LogP contribution >= 0.6 is 0 Å². The first-order valence-electron chi connectivity index (χ1n) is 9.18. The molecular formula is C18H19N9O3. The number of nitrogens with one attached hydrogen (secondary N) is 4. The molecular weight excluding hydrogens is 390 g/mol. The van der Waals surface area contributed by atoms with Gasteiger partial charge in [0.1, 0.15) is 6.33 Å². The van der Waals surface area contributed by atoms with Gasteiger partial charge in [0.05, 0.1) is 18.4 Å². The van der Waals surface area contributed by atoms with E-state index in [1.54, 1.807) is 12.1 Å². The molecule has 3 aromatic rings. The lowest BCUT2D eigenvalue weighted by Gasteiger charge is -2.15. The lowest BCUT2D eigenvalue weighted by atomic mass is 10.1. The van der Waals surface area contributed by atoms with Crippen LogP contribution in [0.2, 0.25) is 0 Å². The zero-order valence-corrected chi connectivity index (χ0v) is 16.3. The molecule has 0 bridgehead atoms. The number of hydrogen-bond acceptors (Lipinski definition) is 9. The summed E-state index contributed by atoms with van der Waals surface area (Å²) in [6, 6.07) is 5.34. The normalized spacial score (nSPS) is 12.9. The fourth-order valence-electron chi connectivity index (χ4n) is 2.80. The van der Waals surface area contributed by atoms with Crippen LogP contribution in [0, 0.1) is 5.92 Å². The Morgan fingerprint density at radius 1 is 1.23 bits per heavy atom. The minimum absolute atomic E-state index is 0.00686. The van der Waals surface area contributed by atoms with Gasteiger partial charge in [-0.2, -0.15) is 10.1 Å². The Bertz CT molecular complexity index is 1080. The molecule has 154 valence electrons. The first kappa shape index (κ1) is 19.2. The Hall–Kier alpha value is -4.09. The number of para-hydroxylation sites is 1. The van der Waals surface area contributed by atoms with E-state index in [1.165, 1.54) is 20.5 Å². The third-order valence-electron chi connectivity index (χ3n) is 4.45. The topological polar surface area (TPSA) is 160 Å². The SMILES string of the molecule is CNC(=O)c1nnc(NC(=O)C2CC2)nc1Nc1cccc(-c2ncn[nH]2)c1OC. The van der Waals surface area contributed by atoms with Crippen molar-refractivity contribution in [3.05, 3.63) is 30.2 Å². The van der Waals surface area contributed by atoms with Gasteiger partial charge in [-0.05, 0) is 25.0 Å². The molecule has 1 aromatic carbocycles. The van der Waals surface area contributed by atoms with Gasteiger partial charge in [0.25, 0.3) is 11.9 Å². The lowest BCUT2D eigenvalue weighted by Crippen LogP contribution is -2.23. The molecule has 0 radical (unpaired) electrons. The van der Waals surface area contributed by atoms with Gasteiger partial charge in [0.15, 0.2) is 23.1 Å². The van der Waals surface area contributed by atoms with E-state index >= 15 is 0 Å². The smallest absolute Gasteiger partial charge is 0.275 e. The number of carbonyl (C=O) groups is 2. The second-order valence-electron chi connectivity index (χ2n) is 6.52. The van der Waals surface area contributed by atoms with Crippen molar-refractivity contribution in [3.8, 4) is 17.1 Å². The summed E-state index contributed by atoms with van der Waals surface area (Å²) in [7, 11) is 2.99. The van der Waals surface area contributed by atoms with Crippen molar-refractivity contribution in [2.75, 3.05) is 24.8 Å². The maximum atomic E-state index is 12.2. The Morgan fingerprint density at radius 3 is 2.73 bits per heavy atom. The van der Waals surface area contributed by atoms with Gasteiger partial charge in [-0.3, -0.25) is 20.0 Å². The molecule has 4 N–H and O–H groups in total. The van der Waals surface area contributed by atoms with Crippen LogP contribution in [0.1, 0.15) is 23.3 Å². The fraction of sp³-hybridized carbons (Fsp3) is 0.278. The van der Waals surface area contributed by atoms with Crippen LogP contribution in [-0.4, -0.2) is 56.3 Å². The number of aromatic nitrogens is 6. The number of ether oxygens (including phenoxy) is 1. The van der Waals surface area contributed by atoms with Crippen LogP contribution in [0.5, 0.6) is 5.75 Å². The molecule has 1 aliphatic carbocycles. The number of aromatic amines is 1. The zero-order chi connectivity index (χ0) is 21.1. The van der Waals surface area contributed by atoms with Crippen LogP contribution in [0.25, 0.3) is 11.4 Å². The van der Waals surface area contributed by atoms with Gasteiger partial charge in [0.2, 0.25) is 5.91 Å². The minimum Gasteiger partial charge on any atom is -0.494 e. The molecule has 30 heavy (non-hydrogen) atoms. The summed E-state index contributed by atoms with van der Waals surface area (Å²) < 4.78 is 5.55. The maximum absolute atomic E-state index is 12.2. The highest BCUT2D eigenvalue weighted by Crippen LogP contribution is 2.36. The van der Waals surface area contributed by atoms with Gasteiger partial charge in [-0.1, -0.05) is 6.07 Å². The third-order valence-corrected chi connectivity index (χ3v) is 4.45. The van der Waals surface area contributed by atoms with Crippen LogP contribution in [-0.2, 0) is 4.79 Å². The second-order valence-corrected chi connectivity index (χ2v) is 6.52. The number of H-pyrrole nitrogens is 1. The minimum atomic E-state index is -0.483. The van der Waals surface area contributed by atoms with Crippen molar-refractivity contribution in [2.45, 2.75) is 12.8 Å². The highest BCUT2D eigenvalue weighted by atomic mass is 16.5. The van der Waals surface area contributed by atoms with Crippen molar-refractivity contribution in [1.29, 1.82) is 0 Å². The molecule has 0 spiro atoms. The molecule has 1 fully saturated rings. The van der Waals surface area contributed by atoms with Gasteiger partial charge < -0.3 is 15.4 Å². The van der Waals surface area contributed by atoms with Crippen molar-refractivity contribution < 1.29 is 14.3 Å². The van der Waals surface area contributed by atoms with E-state index in [4.69, 9.17) is 4.74 Å². The monoisotopic (exact) mass is 409 g/mol. The summed E-state index contributed by atoms with van der Waals surface area (Å²) in [5.41, 5.74) is 1.14. The first-order chi connectivity index (χ1) is 14.6. The number of methoxy groups -OCH3 is 1. The van der Waals surface area contributed by atoms with Gasteiger partial charge in [-0.25, -0.2) is 4.98 Å². The predicted octanol–water partition coefficient (Wildman–Crippen LogP) is 1.12. The number of amides is 2. The third kappa shape index (κ3) is 3.87. The fourth-order valence-corrected chi connectivity index (χ4v) is 2.80. The molecule has 0 atom stereocenters. The number of rotatable bonds is 7. The van der Waals surface area contributed by atoms with E-state index in [2.05, 4.69) is 46.3 Å². The van der Waals surface area contributed by atoms with E-state index < -0.39 is 5.91 Å². The molecule has 0 saturated heterocycles. The molecule has 2 aromatic heterocycles. The number of hydrogen-bond donors (Lipinski definition) is 4. The van der Waals surface area contributed by atoms with E-state index in [-0.39, 0.29) is 29.3 Å². The van der Waals surface area contributed by atoms with Gasteiger partial charge >= 0.3 is 0 Å². The average molecular weight is 409 g/mol.